The van der Waals surface area contributed by atoms with Crippen LogP contribution in [0.15, 0.2) is 0 Å². The van der Waals surface area contributed by atoms with Gasteiger partial charge in [0.25, 0.3) is 0 Å². The first-order valence-corrected chi connectivity index (χ1v) is 36.8. The van der Waals surface area contributed by atoms with Gasteiger partial charge in [0.1, 0.15) is 19.3 Å². The molecule has 0 aliphatic heterocycles. The molecule has 0 aromatic carbocycles. The van der Waals surface area contributed by atoms with Gasteiger partial charge < -0.3 is 33.8 Å². The minimum absolute atomic E-state index is 0.102. The van der Waals surface area contributed by atoms with Gasteiger partial charge >= 0.3 is 39.5 Å². The van der Waals surface area contributed by atoms with Gasteiger partial charge in [0.05, 0.1) is 26.4 Å². The Bertz CT molecular complexity index is 1680. The maximum atomic E-state index is 13.0. The highest BCUT2D eigenvalue weighted by Crippen LogP contribution is 2.45. The molecular weight excluding hydrogens is 1110 g/mol. The summed E-state index contributed by atoms with van der Waals surface area (Å²) in [5.41, 5.74) is 0. The fourth-order valence-corrected chi connectivity index (χ4v) is 11.1. The average molecular weight is 1240 g/mol. The van der Waals surface area contributed by atoms with Crippen molar-refractivity contribution in [1.82, 2.24) is 0 Å². The number of carbonyl (C=O) groups excluding carboxylic acids is 4. The Morgan fingerprint density at radius 3 is 0.845 bits per heavy atom. The minimum atomic E-state index is -4.95. The van der Waals surface area contributed by atoms with Crippen molar-refractivity contribution in [2.45, 2.75) is 331 Å². The predicted molar refractivity (Wildman–Crippen MR) is 335 cm³/mol. The molecule has 0 radical (unpaired) electrons. The number of ether oxygens (including phenoxy) is 4. The van der Waals surface area contributed by atoms with Crippen molar-refractivity contribution >= 4 is 39.5 Å². The van der Waals surface area contributed by atoms with Gasteiger partial charge in [-0.1, -0.05) is 261 Å². The maximum Gasteiger partial charge on any atom is 0.472 e. The van der Waals surface area contributed by atoms with E-state index in [1.165, 1.54) is 116 Å². The lowest BCUT2D eigenvalue weighted by atomic mass is 9.99. The molecule has 0 rings (SSSR count). The molecule has 5 unspecified atom stereocenters. The zero-order chi connectivity index (χ0) is 62.5. The van der Waals surface area contributed by atoms with E-state index >= 15 is 0 Å². The second-order valence-corrected chi connectivity index (χ2v) is 27.8. The first kappa shape index (κ1) is 82.1. The Morgan fingerprint density at radius 1 is 0.333 bits per heavy atom. The number of esters is 4. The Labute approximate surface area is 511 Å². The molecular formula is C65H126O17P2. The maximum absolute atomic E-state index is 13.0. The molecule has 498 valence electrons. The third-order valence-corrected chi connectivity index (χ3v) is 17.4. The second kappa shape index (κ2) is 55.2. The highest BCUT2D eigenvalue weighted by molar-refractivity contribution is 7.47. The fourth-order valence-electron chi connectivity index (χ4n) is 9.54. The van der Waals surface area contributed by atoms with Crippen LogP contribution in [-0.4, -0.2) is 96.7 Å². The Morgan fingerprint density at radius 2 is 0.571 bits per heavy atom. The lowest BCUT2D eigenvalue weighted by Crippen LogP contribution is -2.30. The zero-order valence-electron chi connectivity index (χ0n) is 54.5. The molecule has 0 amide bonds. The molecule has 0 spiro atoms. The van der Waals surface area contributed by atoms with E-state index in [4.69, 9.17) is 37.0 Å². The van der Waals surface area contributed by atoms with Crippen LogP contribution in [0.2, 0.25) is 0 Å². The van der Waals surface area contributed by atoms with Gasteiger partial charge in [-0.25, -0.2) is 9.13 Å². The standard InChI is InChI=1S/C65H126O17P2/c1-9-57(7)43-35-27-19-13-16-21-30-38-46-63(68)76-52-61(82-65(70)48-40-32-24-23-28-36-44-58(8)10-2)54-80-84(73,74)78-50-59(66)49-77-83(71,72)79-53-60(81-64(69)47-39-31-22-15-12-18-26-34-42-56(5)6)51-75-62(67)45-37-29-20-14-11-17-25-33-41-55(3)4/h55-61,66H,9-54H2,1-8H3,(H,71,72)(H,73,74)/t57?,58?,59?,60-,61-/m1/s1. The van der Waals surface area contributed by atoms with Crippen LogP contribution >= 0.6 is 15.6 Å². The summed E-state index contributed by atoms with van der Waals surface area (Å²) >= 11 is 0. The molecule has 0 saturated heterocycles. The van der Waals surface area contributed by atoms with Gasteiger partial charge in [0.2, 0.25) is 0 Å². The molecule has 7 atom stereocenters. The SMILES string of the molecule is CCC(C)CCCCCCCCCCC(=O)OC[C@H](COP(=O)(O)OCC(O)COP(=O)(O)OC[C@@H](COC(=O)CCCCCCCCCCC(C)C)OC(=O)CCCCCCCCCCC(C)C)OC(=O)CCCCCCCCC(C)CC. The molecule has 3 N–H and O–H groups in total. The van der Waals surface area contributed by atoms with Crippen LogP contribution in [0, 0.1) is 23.7 Å². The Balaban J connectivity index is 5.26. The van der Waals surface area contributed by atoms with Crippen molar-refractivity contribution in [3.8, 4) is 0 Å². The molecule has 0 heterocycles. The van der Waals surface area contributed by atoms with Crippen LogP contribution < -0.4 is 0 Å². The highest BCUT2D eigenvalue weighted by Gasteiger charge is 2.30. The molecule has 84 heavy (non-hydrogen) atoms. The van der Waals surface area contributed by atoms with E-state index in [1.807, 2.05) is 0 Å². The van der Waals surface area contributed by atoms with Crippen LogP contribution in [0.25, 0.3) is 0 Å². The van der Waals surface area contributed by atoms with Crippen molar-refractivity contribution in [1.29, 1.82) is 0 Å². The normalized spacial score (nSPS) is 15.1. The van der Waals surface area contributed by atoms with E-state index in [1.54, 1.807) is 0 Å². The summed E-state index contributed by atoms with van der Waals surface area (Å²) in [6.45, 7) is 14.0. The second-order valence-electron chi connectivity index (χ2n) is 24.9. The molecule has 0 bridgehead atoms. The number of rotatable bonds is 62. The van der Waals surface area contributed by atoms with Crippen molar-refractivity contribution in [3.63, 3.8) is 0 Å². The monoisotopic (exact) mass is 1240 g/mol. The number of phosphoric acid groups is 2. The summed E-state index contributed by atoms with van der Waals surface area (Å²) in [5.74, 6) is 0.801. The quantitative estimate of drug-likeness (QED) is 0.0222. The molecule has 0 aromatic rings. The topological polar surface area (TPSA) is 237 Å². The van der Waals surface area contributed by atoms with Crippen LogP contribution in [0.1, 0.15) is 312 Å². The number of hydrogen-bond acceptors (Lipinski definition) is 15. The summed E-state index contributed by atoms with van der Waals surface area (Å²) in [6, 6.07) is 0. The predicted octanol–water partition coefficient (Wildman–Crippen LogP) is 17.8. The number of unbranched alkanes of at least 4 members (excludes halogenated alkanes) is 26. The summed E-state index contributed by atoms with van der Waals surface area (Å²) in [6.07, 6.45) is 34.9. The van der Waals surface area contributed by atoms with E-state index in [2.05, 4.69) is 55.4 Å². The van der Waals surface area contributed by atoms with Crippen LogP contribution in [0.5, 0.6) is 0 Å². The molecule has 0 aliphatic rings. The number of carbonyl (C=O) groups is 4. The van der Waals surface area contributed by atoms with Gasteiger partial charge in [-0.3, -0.25) is 37.3 Å². The number of aliphatic hydroxyl groups excluding tert-OH is 1. The first-order valence-electron chi connectivity index (χ1n) is 33.8. The van der Waals surface area contributed by atoms with Crippen molar-refractivity contribution < 1.29 is 80.2 Å². The van der Waals surface area contributed by atoms with Gasteiger partial charge in [-0.2, -0.15) is 0 Å². The van der Waals surface area contributed by atoms with Crippen LogP contribution in [0.3, 0.4) is 0 Å². The van der Waals surface area contributed by atoms with Gasteiger partial charge in [0.15, 0.2) is 12.2 Å². The largest absolute Gasteiger partial charge is 0.472 e. The average Bonchev–Trinajstić information content (AvgIpc) is 3.55. The van der Waals surface area contributed by atoms with Crippen molar-refractivity contribution in [3.05, 3.63) is 0 Å². The van der Waals surface area contributed by atoms with Crippen LogP contribution in [0.4, 0.5) is 0 Å². The fraction of sp³-hybridized carbons (Fsp3) is 0.938. The summed E-state index contributed by atoms with van der Waals surface area (Å²) < 4.78 is 68.0. The Kier molecular flexibility index (Phi) is 53.9. The van der Waals surface area contributed by atoms with Crippen molar-refractivity contribution in [2.24, 2.45) is 23.7 Å². The first-order chi connectivity index (χ1) is 40.2. The van der Waals surface area contributed by atoms with E-state index in [9.17, 15) is 43.2 Å². The van der Waals surface area contributed by atoms with Crippen molar-refractivity contribution in [2.75, 3.05) is 39.6 Å². The molecule has 0 saturated carbocycles. The lowest BCUT2D eigenvalue weighted by Gasteiger charge is -2.21. The third-order valence-electron chi connectivity index (χ3n) is 15.5. The van der Waals surface area contributed by atoms with E-state index < -0.39 is 97.5 Å². The molecule has 19 heteroatoms. The van der Waals surface area contributed by atoms with Crippen LogP contribution in [-0.2, 0) is 65.4 Å². The number of aliphatic hydroxyl groups is 1. The molecule has 0 aromatic heterocycles. The molecule has 17 nitrogen and oxygen atoms in total. The van der Waals surface area contributed by atoms with Gasteiger partial charge in [-0.05, 0) is 49.4 Å². The summed E-state index contributed by atoms with van der Waals surface area (Å²) in [7, 11) is -9.89. The third kappa shape index (κ3) is 56.6. The molecule has 0 aliphatic carbocycles. The van der Waals surface area contributed by atoms with E-state index in [0.717, 1.165) is 114 Å². The van der Waals surface area contributed by atoms with E-state index in [-0.39, 0.29) is 25.7 Å². The zero-order valence-corrected chi connectivity index (χ0v) is 56.3. The molecule has 0 fully saturated rings. The van der Waals surface area contributed by atoms with Gasteiger partial charge in [0, 0.05) is 25.7 Å². The minimum Gasteiger partial charge on any atom is -0.462 e. The highest BCUT2D eigenvalue weighted by atomic mass is 31.2. The Hall–Kier alpha value is -1.94. The lowest BCUT2D eigenvalue weighted by molar-refractivity contribution is -0.161. The summed E-state index contributed by atoms with van der Waals surface area (Å²) in [4.78, 5) is 72.3. The summed E-state index contributed by atoms with van der Waals surface area (Å²) in [5, 5.41) is 10.5. The number of phosphoric ester groups is 2. The van der Waals surface area contributed by atoms with Gasteiger partial charge in [-0.15, -0.1) is 0 Å². The smallest absolute Gasteiger partial charge is 0.462 e. The van der Waals surface area contributed by atoms with E-state index in [0.29, 0.717) is 25.7 Å². The number of hydrogen-bond donors (Lipinski definition) is 3.